The minimum Gasteiger partial charge on any atom is -0.437 e. The van der Waals surface area contributed by atoms with E-state index in [0.29, 0.717) is 0 Å². The third-order valence-electron chi connectivity index (χ3n) is 0.599. The zero-order valence-corrected chi connectivity index (χ0v) is 6.46. The van der Waals surface area contributed by atoms with Crippen LogP contribution in [0.1, 0.15) is 0 Å². The fraction of sp³-hybridized carbons (Fsp3) is 0.667. The molecule has 0 fully saturated rings. The van der Waals surface area contributed by atoms with Crippen molar-refractivity contribution in [1.29, 1.82) is 0 Å². The van der Waals surface area contributed by atoms with E-state index in [2.05, 4.69) is 19.8 Å². The summed E-state index contributed by atoms with van der Waals surface area (Å²) in [6.45, 7) is 1.05. The second kappa shape index (κ2) is 3.55. The first kappa shape index (κ1) is 9.42. The van der Waals surface area contributed by atoms with E-state index in [-0.39, 0.29) is 0 Å². The molecule has 0 aromatic rings. The fourth-order valence-corrected chi connectivity index (χ4v) is 0.583. The van der Waals surface area contributed by atoms with Gasteiger partial charge in [-0.1, -0.05) is 0 Å². The van der Waals surface area contributed by atoms with E-state index in [1.165, 1.54) is 0 Å². The second-order valence-electron chi connectivity index (χ2n) is 1.42. The first-order chi connectivity index (χ1) is 4.52. The number of methoxy groups -OCH3 is 1. The highest BCUT2D eigenvalue weighted by atomic mass is 31.2. The van der Waals surface area contributed by atoms with Crippen molar-refractivity contribution in [2.75, 3.05) is 13.8 Å². The summed E-state index contributed by atoms with van der Waals surface area (Å²) in [7, 11) is -2.36. The zero-order chi connectivity index (χ0) is 8.20. The Hall–Kier alpha value is -0.580. The van der Waals surface area contributed by atoms with E-state index in [1.807, 2.05) is 0 Å². The van der Waals surface area contributed by atoms with Gasteiger partial charge in [0.05, 0.1) is 13.8 Å². The smallest absolute Gasteiger partial charge is 0.437 e. The number of ether oxygens (including phenoxy) is 1. The van der Waals surface area contributed by atoms with Crippen LogP contribution in [0.4, 0.5) is 4.79 Å². The number of hydrogen-bond acceptors (Lipinski definition) is 6. The topological polar surface area (TPSA) is 87.8 Å². The Morgan fingerprint density at radius 1 is 1.60 bits per heavy atom. The zero-order valence-electron chi connectivity index (χ0n) is 5.57. The molecule has 0 aromatic heterocycles. The maximum atomic E-state index is 10.7. The van der Waals surface area contributed by atoms with Gasteiger partial charge in [0.25, 0.3) is 0 Å². The van der Waals surface area contributed by atoms with Crippen LogP contribution in [0.25, 0.3) is 0 Å². The van der Waals surface area contributed by atoms with Crippen molar-refractivity contribution in [2.24, 2.45) is 5.90 Å². The molecule has 2 N–H and O–H groups in total. The number of nitrogens with two attached hydrogens (primary N) is 1. The van der Waals surface area contributed by atoms with E-state index in [4.69, 9.17) is 0 Å². The van der Waals surface area contributed by atoms with Crippen molar-refractivity contribution < 1.29 is 23.2 Å². The van der Waals surface area contributed by atoms with Crippen LogP contribution < -0.4 is 5.90 Å². The van der Waals surface area contributed by atoms with Crippen LogP contribution in [0, 0.1) is 0 Å². The maximum Gasteiger partial charge on any atom is 0.514 e. The average molecular weight is 169 g/mol. The predicted octanol–water partition coefficient (Wildman–Crippen LogP) is 0.483. The second-order valence-corrected chi connectivity index (χ2v) is 3.36. The van der Waals surface area contributed by atoms with Gasteiger partial charge in [-0.15, -0.1) is 0 Å². The molecule has 0 aromatic carbocycles. The van der Waals surface area contributed by atoms with Gasteiger partial charge in [0.15, 0.2) is 0 Å². The van der Waals surface area contributed by atoms with E-state index >= 15 is 0 Å². The molecule has 0 spiro atoms. The van der Waals surface area contributed by atoms with Gasteiger partial charge in [-0.05, 0) is 0 Å². The van der Waals surface area contributed by atoms with Gasteiger partial charge in [0.1, 0.15) is 0 Å². The number of carbonyl (C=O) groups excluding carboxylic acids is 1. The van der Waals surface area contributed by atoms with Gasteiger partial charge in [0, 0.05) is 0 Å². The molecule has 0 saturated carbocycles. The molecule has 6 nitrogen and oxygen atoms in total. The van der Waals surface area contributed by atoms with Gasteiger partial charge in [-0.25, -0.2) is 19.9 Å². The molecular formula is C3H8NO5P. The summed E-state index contributed by atoms with van der Waals surface area (Å²) in [5.74, 6) is 4.51. The Labute approximate surface area is 57.7 Å². The van der Waals surface area contributed by atoms with Crippen molar-refractivity contribution >= 4 is 13.8 Å². The molecule has 0 amide bonds. The maximum absolute atomic E-state index is 10.7. The Kier molecular flexibility index (Phi) is 3.35. The van der Waals surface area contributed by atoms with Crippen molar-refractivity contribution in [3.05, 3.63) is 0 Å². The van der Waals surface area contributed by atoms with Crippen LogP contribution in [0.5, 0.6) is 0 Å². The quantitative estimate of drug-likeness (QED) is 0.367. The lowest BCUT2D eigenvalue weighted by molar-refractivity contribution is 0.111. The lowest BCUT2D eigenvalue weighted by Gasteiger charge is -2.07. The van der Waals surface area contributed by atoms with Crippen molar-refractivity contribution in [3.63, 3.8) is 0 Å². The molecule has 0 aliphatic carbocycles. The number of carbonyl (C=O) groups is 1. The Morgan fingerprint density at radius 2 is 2.10 bits per heavy atom. The molecule has 60 valence electrons. The van der Waals surface area contributed by atoms with Crippen LogP contribution in [0.2, 0.25) is 0 Å². The SMILES string of the molecule is COC(=O)OP(C)(=O)ON. The standard InChI is InChI=1S/C3H8NO5P/c1-7-3(5)8-10(2,6)9-4/h4H2,1-2H3. The Morgan fingerprint density at radius 3 is 2.40 bits per heavy atom. The fourth-order valence-electron chi connectivity index (χ4n) is 0.194. The van der Waals surface area contributed by atoms with Crippen molar-refractivity contribution in [2.45, 2.75) is 0 Å². The monoisotopic (exact) mass is 169 g/mol. The van der Waals surface area contributed by atoms with Gasteiger partial charge < -0.3 is 9.26 Å². The molecule has 0 saturated heterocycles. The summed E-state index contributed by atoms with van der Waals surface area (Å²) < 4.78 is 22.6. The summed E-state index contributed by atoms with van der Waals surface area (Å²) >= 11 is 0. The summed E-state index contributed by atoms with van der Waals surface area (Å²) in [6.07, 6.45) is -1.09. The van der Waals surface area contributed by atoms with Crippen LogP contribution >= 0.6 is 7.60 Å². The predicted molar refractivity (Wildman–Crippen MR) is 32.3 cm³/mol. The van der Waals surface area contributed by atoms with E-state index in [9.17, 15) is 9.36 Å². The van der Waals surface area contributed by atoms with Crippen LogP contribution in [-0.2, 0) is 18.5 Å². The summed E-state index contributed by atoms with van der Waals surface area (Å²) in [5.41, 5.74) is 0. The van der Waals surface area contributed by atoms with E-state index in [1.54, 1.807) is 0 Å². The van der Waals surface area contributed by atoms with Crippen LogP contribution in [0.3, 0.4) is 0 Å². The minimum absolute atomic E-state index is 1.05. The molecule has 0 rings (SSSR count). The molecule has 0 aliphatic rings. The summed E-state index contributed by atoms with van der Waals surface area (Å²) in [5, 5.41) is 0. The van der Waals surface area contributed by atoms with E-state index < -0.39 is 13.8 Å². The van der Waals surface area contributed by atoms with Gasteiger partial charge in [-0.2, -0.15) is 0 Å². The highest BCUT2D eigenvalue weighted by Gasteiger charge is 2.21. The minimum atomic E-state index is -3.44. The summed E-state index contributed by atoms with van der Waals surface area (Å²) in [4.78, 5) is 10.2. The van der Waals surface area contributed by atoms with Crippen LogP contribution in [0.15, 0.2) is 0 Å². The first-order valence-electron chi connectivity index (χ1n) is 2.25. The summed E-state index contributed by atoms with van der Waals surface area (Å²) in [6, 6.07) is 0. The van der Waals surface area contributed by atoms with Crippen LogP contribution in [-0.4, -0.2) is 19.9 Å². The third kappa shape index (κ3) is 3.45. The lowest BCUT2D eigenvalue weighted by atomic mass is 11.4. The molecule has 0 radical (unpaired) electrons. The average Bonchev–Trinajstić information content (AvgIpc) is 1.87. The molecule has 1 unspecified atom stereocenters. The highest BCUT2D eigenvalue weighted by Crippen LogP contribution is 2.41. The molecule has 1 atom stereocenters. The number of rotatable bonds is 2. The molecule has 10 heavy (non-hydrogen) atoms. The van der Waals surface area contributed by atoms with Gasteiger partial charge in [-0.3, -0.25) is 0 Å². The largest absolute Gasteiger partial charge is 0.514 e. The first-order valence-corrected chi connectivity index (χ1v) is 4.24. The molecule has 0 heterocycles. The lowest BCUT2D eigenvalue weighted by Crippen LogP contribution is -2.06. The van der Waals surface area contributed by atoms with E-state index in [0.717, 1.165) is 13.8 Å². The normalized spacial score (nSPS) is 15.5. The molecular weight excluding hydrogens is 161 g/mol. The van der Waals surface area contributed by atoms with Crippen molar-refractivity contribution in [1.82, 2.24) is 0 Å². The molecule has 0 bridgehead atoms. The third-order valence-corrected chi connectivity index (χ3v) is 1.46. The van der Waals surface area contributed by atoms with Crippen molar-refractivity contribution in [3.8, 4) is 0 Å². The van der Waals surface area contributed by atoms with Gasteiger partial charge >= 0.3 is 13.8 Å². The molecule has 0 aliphatic heterocycles. The Bertz CT molecular complexity index is 168. The highest BCUT2D eigenvalue weighted by molar-refractivity contribution is 7.53. The van der Waals surface area contributed by atoms with Gasteiger partial charge in [0.2, 0.25) is 0 Å². The Balaban J connectivity index is 3.89. The molecule has 7 heteroatoms. The number of hydrogen-bond donors (Lipinski definition) is 1.